The Morgan fingerprint density at radius 1 is 0.352 bits per heavy atom. The van der Waals surface area contributed by atoms with Gasteiger partial charge in [0.1, 0.15) is 36.6 Å². The zero-order valence-corrected chi connectivity index (χ0v) is 36.3. The Bertz CT molecular complexity index is 1550. The van der Waals surface area contributed by atoms with Crippen molar-refractivity contribution in [3.05, 3.63) is 144 Å². The molecular weight excluding hydrogens is 705 g/mol. The molecule has 0 heterocycles. The lowest BCUT2D eigenvalue weighted by Gasteiger charge is -2.55. The van der Waals surface area contributed by atoms with Crippen LogP contribution in [-0.4, -0.2) is 53.3 Å². The van der Waals surface area contributed by atoms with E-state index in [4.69, 9.17) is 27.8 Å². The summed E-state index contributed by atoms with van der Waals surface area (Å²) in [4.78, 5) is 0. The molecule has 0 spiro atoms. The number of ether oxygens (including phenoxy) is 4. The lowest BCUT2D eigenvalue weighted by atomic mass is 9.84. The van der Waals surface area contributed by atoms with Gasteiger partial charge in [-0.1, -0.05) is 163 Å². The van der Waals surface area contributed by atoms with Crippen LogP contribution in [0.1, 0.15) is 63.8 Å². The van der Waals surface area contributed by atoms with Crippen LogP contribution in [0.2, 0.25) is 36.3 Å². The van der Waals surface area contributed by atoms with Crippen LogP contribution in [0.15, 0.2) is 121 Å². The summed E-state index contributed by atoms with van der Waals surface area (Å²) in [7, 11) is -4.86. The molecule has 5 rings (SSSR count). The predicted octanol–water partition coefficient (Wildman–Crippen LogP) is 11.1. The lowest BCUT2D eigenvalue weighted by Crippen LogP contribution is -2.70. The van der Waals surface area contributed by atoms with Crippen molar-refractivity contribution in [3.63, 3.8) is 0 Å². The monoisotopic (exact) mass is 768 g/mol. The van der Waals surface area contributed by atoms with Crippen molar-refractivity contribution in [2.75, 3.05) is 0 Å². The highest BCUT2D eigenvalue weighted by Crippen LogP contribution is 2.45. The molecule has 4 aromatic rings. The fraction of sp³-hybridized carbons (Fsp3) is 0.478. The standard InChI is InChI=1S/C46H64O6Si2/c1-45(2,3)53(7,8)51-43-41(49-33-37-27-19-13-20-28-37)39(47-31-35-23-15-11-16-24-35)40(48-32-36-25-17-12-18-26-36)42(50-34-38-29-21-14-22-30-38)44(43)52-54(9,10)46(4,5)6/h11-30,39-44H,31-34H2,1-10H3/t39-,40-,41-,42+,43-,44-/m1/s1. The zero-order valence-electron chi connectivity index (χ0n) is 34.3. The highest BCUT2D eigenvalue weighted by atomic mass is 28.4. The second kappa shape index (κ2) is 18.3. The number of hydrogen-bond donors (Lipinski definition) is 0. The van der Waals surface area contributed by atoms with E-state index in [0.717, 1.165) is 22.3 Å². The molecule has 0 saturated heterocycles. The van der Waals surface area contributed by atoms with Crippen LogP contribution in [-0.2, 0) is 54.2 Å². The summed E-state index contributed by atoms with van der Waals surface area (Å²) in [6, 6.07) is 41.3. The van der Waals surface area contributed by atoms with Crippen molar-refractivity contribution in [1.82, 2.24) is 0 Å². The van der Waals surface area contributed by atoms with E-state index in [2.05, 4.69) is 141 Å². The summed E-state index contributed by atoms with van der Waals surface area (Å²) in [5, 5.41) is -0.139. The summed E-state index contributed by atoms with van der Waals surface area (Å²) in [6.07, 6.45) is -3.16. The van der Waals surface area contributed by atoms with Gasteiger partial charge in [-0.25, -0.2) is 0 Å². The largest absolute Gasteiger partial charge is 0.408 e. The van der Waals surface area contributed by atoms with Crippen LogP contribution in [0.25, 0.3) is 0 Å². The molecule has 6 nitrogen and oxygen atoms in total. The van der Waals surface area contributed by atoms with E-state index in [1.54, 1.807) is 0 Å². The molecule has 0 amide bonds. The number of rotatable bonds is 16. The molecule has 4 aromatic carbocycles. The van der Waals surface area contributed by atoms with E-state index in [9.17, 15) is 0 Å². The van der Waals surface area contributed by atoms with Gasteiger partial charge in [-0.2, -0.15) is 0 Å². The quantitative estimate of drug-likeness (QED) is 0.106. The molecule has 54 heavy (non-hydrogen) atoms. The third-order valence-electron chi connectivity index (χ3n) is 11.6. The van der Waals surface area contributed by atoms with Gasteiger partial charge < -0.3 is 27.8 Å². The van der Waals surface area contributed by atoms with Crippen molar-refractivity contribution < 1.29 is 27.8 Å². The molecule has 0 N–H and O–H groups in total. The lowest BCUT2D eigenvalue weighted by molar-refractivity contribution is -0.268. The first kappa shape index (κ1) is 42.2. The van der Waals surface area contributed by atoms with Gasteiger partial charge in [0.25, 0.3) is 0 Å². The van der Waals surface area contributed by atoms with Gasteiger partial charge in [-0.05, 0) is 58.5 Å². The highest BCUT2D eigenvalue weighted by molar-refractivity contribution is 6.74. The van der Waals surface area contributed by atoms with E-state index < -0.39 is 53.3 Å². The Balaban J connectivity index is 1.68. The van der Waals surface area contributed by atoms with Gasteiger partial charge in [0.05, 0.1) is 26.4 Å². The molecule has 0 bridgehead atoms. The highest BCUT2D eigenvalue weighted by Gasteiger charge is 2.58. The van der Waals surface area contributed by atoms with E-state index >= 15 is 0 Å². The molecule has 8 heteroatoms. The maximum absolute atomic E-state index is 7.59. The summed E-state index contributed by atoms with van der Waals surface area (Å²) in [5.74, 6) is 0. The van der Waals surface area contributed by atoms with Crippen molar-refractivity contribution >= 4 is 16.6 Å². The summed E-state index contributed by atoms with van der Waals surface area (Å²) >= 11 is 0. The average molecular weight is 769 g/mol. The predicted molar refractivity (Wildman–Crippen MR) is 224 cm³/mol. The molecule has 6 atom stereocenters. The number of benzene rings is 4. The molecule has 0 radical (unpaired) electrons. The first-order valence-corrected chi connectivity index (χ1v) is 25.4. The van der Waals surface area contributed by atoms with Crippen molar-refractivity contribution in [2.24, 2.45) is 0 Å². The van der Waals surface area contributed by atoms with Crippen molar-refractivity contribution in [1.29, 1.82) is 0 Å². The third kappa shape index (κ3) is 11.1. The Kier molecular flexibility index (Phi) is 14.3. The minimum Gasteiger partial charge on any atom is -0.408 e. The molecule has 1 fully saturated rings. The van der Waals surface area contributed by atoms with Crippen LogP contribution in [0.3, 0.4) is 0 Å². The maximum atomic E-state index is 7.59. The van der Waals surface area contributed by atoms with Crippen LogP contribution >= 0.6 is 0 Å². The van der Waals surface area contributed by atoms with Crippen molar-refractivity contribution in [3.8, 4) is 0 Å². The van der Waals surface area contributed by atoms with E-state index in [1.807, 2.05) is 48.5 Å². The van der Waals surface area contributed by atoms with E-state index in [1.165, 1.54) is 0 Å². The smallest absolute Gasteiger partial charge is 0.192 e. The Morgan fingerprint density at radius 3 is 0.759 bits per heavy atom. The first-order valence-electron chi connectivity index (χ1n) is 19.5. The molecule has 0 unspecified atom stereocenters. The molecule has 1 saturated carbocycles. The second-order valence-corrected chi connectivity index (χ2v) is 27.2. The summed E-state index contributed by atoms with van der Waals surface area (Å²) in [5.41, 5.74) is 4.31. The topological polar surface area (TPSA) is 55.4 Å². The van der Waals surface area contributed by atoms with Crippen molar-refractivity contribution in [2.45, 2.75) is 141 Å². The molecule has 1 aliphatic rings. The summed E-state index contributed by atoms with van der Waals surface area (Å²) in [6.45, 7) is 24.5. The van der Waals surface area contributed by atoms with Crippen LogP contribution in [0.5, 0.6) is 0 Å². The van der Waals surface area contributed by atoms with E-state index in [0.29, 0.717) is 26.4 Å². The number of hydrogen-bond acceptors (Lipinski definition) is 6. The third-order valence-corrected chi connectivity index (χ3v) is 20.5. The SMILES string of the molecule is CC(C)(C)[Si](C)(C)O[C@@H]1[C@H](OCc2ccccc2)[C@H](OCc2ccccc2)[C@@H](OCc2ccccc2)[C@H](OCc2ccccc2)[C@H]1O[Si](C)(C)C(C)(C)C. The molecule has 1 aliphatic carbocycles. The Labute approximate surface area is 327 Å². The molecule has 0 aromatic heterocycles. The zero-order chi connectivity index (χ0) is 39.0. The second-order valence-electron chi connectivity index (χ2n) is 17.7. The molecule has 0 aliphatic heterocycles. The van der Waals surface area contributed by atoms with Crippen LogP contribution in [0, 0.1) is 0 Å². The minimum absolute atomic E-state index is 0.0695. The maximum Gasteiger partial charge on any atom is 0.192 e. The first-order chi connectivity index (χ1) is 25.6. The van der Waals surface area contributed by atoms with Gasteiger partial charge in [0, 0.05) is 0 Å². The van der Waals surface area contributed by atoms with E-state index in [-0.39, 0.29) is 10.1 Å². The van der Waals surface area contributed by atoms with Gasteiger partial charge >= 0.3 is 0 Å². The average Bonchev–Trinajstić information content (AvgIpc) is 3.13. The summed E-state index contributed by atoms with van der Waals surface area (Å²) < 4.78 is 43.6. The van der Waals surface area contributed by atoms with Gasteiger partial charge in [0.15, 0.2) is 16.6 Å². The van der Waals surface area contributed by atoms with Gasteiger partial charge in [-0.15, -0.1) is 0 Å². The normalized spacial score (nSPS) is 22.6. The Morgan fingerprint density at radius 2 is 0.556 bits per heavy atom. The van der Waals surface area contributed by atoms with Gasteiger partial charge in [-0.3, -0.25) is 0 Å². The molecule has 292 valence electrons. The van der Waals surface area contributed by atoms with Crippen LogP contribution in [0.4, 0.5) is 0 Å². The fourth-order valence-electron chi connectivity index (χ4n) is 6.25. The van der Waals surface area contributed by atoms with Crippen LogP contribution < -0.4 is 0 Å². The molecular formula is C46H64O6Si2. The van der Waals surface area contributed by atoms with Gasteiger partial charge in [0.2, 0.25) is 0 Å². The Hall–Kier alpha value is -2.93. The minimum atomic E-state index is -2.43. The fourth-order valence-corrected chi connectivity index (χ4v) is 8.85.